The summed E-state index contributed by atoms with van der Waals surface area (Å²) in [6, 6.07) is 6.95. The molecular weight excluding hydrogens is 328 g/mol. The number of aromatic nitrogens is 1. The average molecular weight is 341 g/mol. The summed E-state index contributed by atoms with van der Waals surface area (Å²) in [6.07, 6.45) is 1.60. The summed E-state index contributed by atoms with van der Waals surface area (Å²) in [5, 5.41) is 0. The summed E-state index contributed by atoms with van der Waals surface area (Å²) in [5.41, 5.74) is 0.235. The van der Waals surface area contributed by atoms with Gasteiger partial charge in [0, 0.05) is 36.8 Å². The highest BCUT2D eigenvalue weighted by Crippen LogP contribution is 2.23. The summed E-state index contributed by atoms with van der Waals surface area (Å²) < 4.78 is 2.48. The van der Waals surface area contributed by atoms with Crippen LogP contribution in [0.25, 0.3) is 0 Å². The highest BCUT2D eigenvalue weighted by molar-refractivity contribution is 9.11. The van der Waals surface area contributed by atoms with E-state index in [9.17, 15) is 9.59 Å². The lowest BCUT2D eigenvalue weighted by Crippen LogP contribution is -2.27. The Morgan fingerprint density at radius 1 is 1.42 bits per heavy atom. The Hall–Kier alpha value is -1.40. The van der Waals surface area contributed by atoms with Crippen LogP contribution in [0.1, 0.15) is 15.2 Å². The Balaban J connectivity index is 2.14. The molecule has 2 rings (SSSR count). The first-order valence-electron chi connectivity index (χ1n) is 5.64. The van der Waals surface area contributed by atoms with Crippen molar-refractivity contribution < 1.29 is 4.79 Å². The van der Waals surface area contributed by atoms with Gasteiger partial charge in [-0.15, -0.1) is 11.3 Å². The molecule has 0 unspecified atom stereocenters. The van der Waals surface area contributed by atoms with E-state index in [2.05, 4.69) is 15.9 Å². The summed E-state index contributed by atoms with van der Waals surface area (Å²) >= 11 is 4.98. The van der Waals surface area contributed by atoms with Gasteiger partial charge in [0.15, 0.2) is 0 Å². The Morgan fingerprint density at radius 3 is 2.74 bits per heavy atom. The Kier molecular flexibility index (Phi) is 4.21. The van der Waals surface area contributed by atoms with Crippen molar-refractivity contribution in [2.45, 2.75) is 6.54 Å². The van der Waals surface area contributed by atoms with Gasteiger partial charge < -0.3 is 9.47 Å². The van der Waals surface area contributed by atoms with Crippen LogP contribution >= 0.6 is 27.3 Å². The van der Waals surface area contributed by atoms with Crippen LogP contribution in [0, 0.1) is 0 Å². The molecule has 0 spiro atoms. The normalized spacial score (nSPS) is 10.5. The second-order valence-corrected chi connectivity index (χ2v) is 6.78. The van der Waals surface area contributed by atoms with Crippen molar-refractivity contribution in [2.75, 3.05) is 7.05 Å². The van der Waals surface area contributed by atoms with E-state index in [1.165, 1.54) is 10.6 Å². The third-order valence-electron chi connectivity index (χ3n) is 2.72. The van der Waals surface area contributed by atoms with Crippen LogP contribution in [0.2, 0.25) is 0 Å². The number of hydrogen-bond acceptors (Lipinski definition) is 3. The molecule has 0 saturated heterocycles. The van der Waals surface area contributed by atoms with E-state index in [0.717, 1.165) is 8.66 Å². The zero-order valence-corrected chi connectivity index (χ0v) is 13.0. The Morgan fingerprint density at radius 2 is 2.16 bits per heavy atom. The topological polar surface area (TPSA) is 42.3 Å². The summed E-state index contributed by atoms with van der Waals surface area (Å²) in [4.78, 5) is 26.4. The lowest BCUT2D eigenvalue weighted by atomic mass is 10.2. The number of rotatable bonds is 3. The quantitative estimate of drug-likeness (QED) is 0.861. The molecule has 0 aliphatic carbocycles. The molecule has 1 amide bonds. The third-order valence-corrected chi connectivity index (χ3v) is 4.33. The van der Waals surface area contributed by atoms with Crippen LogP contribution in [0.3, 0.4) is 0 Å². The molecule has 6 heteroatoms. The fourth-order valence-electron chi connectivity index (χ4n) is 1.64. The van der Waals surface area contributed by atoms with Crippen LogP contribution in [0.15, 0.2) is 39.0 Å². The van der Waals surface area contributed by atoms with Gasteiger partial charge in [0.25, 0.3) is 11.5 Å². The third kappa shape index (κ3) is 3.33. The Labute approximate surface area is 123 Å². The zero-order valence-electron chi connectivity index (χ0n) is 10.6. The van der Waals surface area contributed by atoms with Gasteiger partial charge in [0.05, 0.1) is 10.3 Å². The van der Waals surface area contributed by atoms with Crippen molar-refractivity contribution >= 4 is 33.2 Å². The summed E-state index contributed by atoms with van der Waals surface area (Å²) in [7, 11) is 3.39. The molecule has 0 bridgehead atoms. The van der Waals surface area contributed by atoms with Gasteiger partial charge >= 0.3 is 0 Å². The first kappa shape index (κ1) is 14.0. The molecule has 0 aliphatic rings. The molecule has 0 fully saturated rings. The minimum atomic E-state index is -0.182. The summed E-state index contributed by atoms with van der Waals surface area (Å²) in [5.74, 6) is -0.151. The second kappa shape index (κ2) is 5.71. The maximum absolute atomic E-state index is 12.2. The highest BCUT2D eigenvalue weighted by atomic mass is 79.9. The van der Waals surface area contributed by atoms with E-state index >= 15 is 0 Å². The molecule has 0 aromatic carbocycles. The van der Waals surface area contributed by atoms with Crippen LogP contribution in [0.4, 0.5) is 0 Å². The predicted molar refractivity (Wildman–Crippen MR) is 79.5 cm³/mol. The van der Waals surface area contributed by atoms with Gasteiger partial charge in [-0.3, -0.25) is 9.59 Å². The molecule has 100 valence electrons. The smallest absolute Gasteiger partial charge is 0.254 e. The molecule has 0 radical (unpaired) electrons. The minimum Gasteiger partial charge on any atom is -0.337 e. The van der Waals surface area contributed by atoms with Gasteiger partial charge in [0.2, 0.25) is 0 Å². The molecule has 19 heavy (non-hydrogen) atoms. The molecular formula is C13H13BrN2O2S. The minimum absolute atomic E-state index is 0.151. The maximum atomic E-state index is 12.2. The molecule has 0 N–H and O–H groups in total. The fourth-order valence-corrected chi connectivity index (χ4v) is 3.18. The monoisotopic (exact) mass is 340 g/mol. The van der Waals surface area contributed by atoms with E-state index in [0.29, 0.717) is 12.1 Å². The number of amides is 1. The van der Waals surface area contributed by atoms with Gasteiger partial charge in [-0.05, 0) is 34.1 Å². The van der Waals surface area contributed by atoms with Crippen molar-refractivity contribution in [1.82, 2.24) is 9.47 Å². The van der Waals surface area contributed by atoms with Crippen LogP contribution in [-0.2, 0) is 13.6 Å². The highest BCUT2D eigenvalue weighted by Gasteiger charge is 2.13. The van der Waals surface area contributed by atoms with Crippen molar-refractivity contribution in [3.05, 3.63) is 55.0 Å². The van der Waals surface area contributed by atoms with Crippen molar-refractivity contribution in [3.8, 4) is 0 Å². The van der Waals surface area contributed by atoms with Crippen molar-refractivity contribution in [1.29, 1.82) is 0 Å². The SMILES string of the molecule is CN(Cc1ccc(Br)s1)C(=O)c1ccn(C)c(=O)c1. The zero-order chi connectivity index (χ0) is 14.0. The predicted octanol–water partition coefficient (Wildman–Crippen LogP) is 2.48. The number of carbonyl (C=O) groups is 1. The van der Waals surface area contributed by atoms with E-state index in [-0.39, 0.29) is 11.5 Å². The number of nitrogens with zero attached hydrogens (tertiary/aromatic N) is 2. The molecule has 4 nitrogen and oxygen atoms in total. The number of hydrogen-bond donors (Lipinski definition) is 0. The summed E-state index contributed by atoms with van der Waals surface area (Å²) in [6.45, 7) is 0.532. The van der Waals surface area contributed by atoms with E-state index < -0.39 is 0 Å². The van der Waals surface area contributed by atoms with Crippen LogP contribution in [0.5, 0.6) is 0 Å². The van der Waals surface area contributed by atoms with Gasteiger partial charge in [-0.1, -0.05) is 0 Å². The fraction of sp³-hybridized carbons (Fsp3) is 0.231. The van der Waals surface area contributed by atoms with Crippen molar-refractivity contribution in [3.63, 3.8) is 0 Å². The Bertz CT molecular complexity index is 663. The molecule has 2 heterocycles. The van der Waals surface area contributed by atoms with E-state index in [1.807, 2.05) is 12.1 Å². The number of halogens is 1. The standard InChI is InChI=1S/C13H13BrN2O2S/c1-15-6-5-9(7-12(15)17)13(18)16(2)8-10-3-4-11(14)19-10/h3-7H,8H2,1-2H3. The van der Waals surface area contributed by atoms with Gasteiger partial charge in [-0.2, -0.15) is 0 Å². The lowest BCUT2D eigenvalue weighted by Gasteiger charge is -2.16. The molecule has 0 aliphatic heterocycles. The number of aryl methyl sites for hydroxylation is 1. The van der Waals surface area contributed by atoms with Crippen LogP contribution < -0.4 is 5.56 Å². The van der Waals surface area contributed by atoms with E-state index in [4.69, 9.17) is 0 Å². The lowest BCUT2D eigenvalue weighted by molar-refractivity contribution is 0.0786. The maximum Gasteiger partial charge on any atom is 0.254 e. The molecule has 2 aromatic heterocycles. The van der Waals surface area contributed by atoms with Gasteiger partial charge in [-0.25, -0.2) is 0 Å². The first-order chi connectivity index (χ1) is 8.97. The average Bonchev–Trinajstić information content (AvgIpc) is 2.77. The number of carbonyl (C=O) groups excluding carboxylic acids is 1. The number of thiophene rings is 1. The van der Waals surface area contributed by atoms with E-state index in [1.54, 1.807) is 42.6 Å². The molecule has 0 saturated carbocycles. The van der Waals surface area contributed by atoms with Gasteiger partial charge in [0.1, 0.15) is 0 Å². The van der Waals surface area contributed by atoms with Crippen molar-refractivity contribution in [2.24, 2.45) is 7.05 Å². The largest absolute Gasteiger partial charge is 0.337 e. The first-order valence-corrected chi connectivity index (χ1v) is 7.24. The number of pyridine rings is 1. The second-order valence-electron chi connectivity index (χ2n) is 4.23. The van der Waals surface area contributed by atoms with Crippen LogP contribution in [-0.4, -0.2) is 22.4 Å². The molecule has 2 aromatic rings. The molecule has 0 atom stereocenters.